The van der Waals surface area contributed by atoms with E-state index in [1.807, 2.05) is 14.0 Å². The van der Waals surface area contributed by atoms with E-state index in [0.717, 1.165) is 13.0 Å². The number of hydrogen-bond acceptors (Lipinski definition) is 2. The maximum absolute atomic E-state index is 9.10. The second-order valence-corrected chi connectivity index (χ2v) is 2.47. The van der Waals surface area contributed by atoms with Gasteiger partial charge in [-0.1, -0.05) is 6.92 Å². The summed E-state index contributed by atoms with van der Waals surface area (Å²) in [7, 11) is 1.91. The molecule has 0 aromatic carbocycles. The molecule has 2 heteroatoms. The molecular weight excluding hydrogens is 114 g/mol. The Morgan fingerprint density at radius 2 is 2.11 bits per heavy atom. The Bertz CT molecular complexity index is 63.9. The molecule has 0 amide bonds. The minimum Gasteiger partial charge on any atom is -0.393 e. The van der Waals surface area contributed by atoms with Crippen molar-refractivity contribution in [3.63, 3.8) is 0 Å². The highest BCUT2D eigenvalue weighted by Gasteiger charge is 2.09. The maximum atomic E-state index is 9.10. The van der Waals surface area contributed by atoms with Crippen molar-refractivity contribution < 1.29 is 5.11 Å². The van der Waals surface area contributed by atoms with Crippen molar-refractivity contribution in [2.45, 2.75) is 26.4 Å². The van der Waals surface area contributed by atoms with E-state index in [2.05, 4.69) is 12.2 Å². The molecule has 56 valence electrons. The molecule has 2 nitrogen and oxygen atoms in total. The number of aliphatic hydroxyl groups excluding tert-OH is 1. The van der Waals surface area contributed by atoms with E-state index >= 15 is 0 Å². The molecule has 0 aliphatic rings. The summed E-state index contributed by atoms with van der Waals surface area (Å²) in [5.41, 5.74) is 0. The molecule has 2 atom stereocenters. The van der Waals surface area contributed by atoms with Crippen molar-refractivity contribution in [3.05, 3.63) is 0 Å². The van der Waals surface area contributed by atoms with E-state index in [1.165, 1.54) is 0 Å². The Morgan fingerprint density at radius 3 is 2.22 bits per heavy atom. The minimum atomic E-state index is -0.178. The van der Waals surface area contributed by atoms with Crippen LogP contribution in [0.4, 0.5) is 0 Å². The Morgan fingerprint density at radius 1 is 1.56 bits per heavy atom. The van der Waals surface area contributed by atoms with Crippen molar-refractivity contribution in [1.82, 2.24) is 5.32 Å². The Kier molecular flexibility index (Phi) is 4.72. The first-order valence-electron chi connectivity index (χ1n) is 3.55. The lowest BCUT2D eigenvalue weighted by Crippen LogP contribution is -2.26. The third-order valence-corrected chi connectivity index (χ3v) is 1.67. The lowest BCUT2D eigenvalue weighted by molar-refractivity contribution is 0.123. The summed E-state index contributed by atoms with van der Waals surface area (Å²) in [5.74, 6) is 0.412. The molecule has 0 saturated heterocycles. The first-order valence-corrected chi connectivity index (χ1v) is 3.55. The predicted octanol–water partition coefficient (Wildman–Crippen LogP) is 0.613. The van der Waals surface area contributed by atoms with Crippen LogP contribution in [0.1, 0.15) is 20.3 Å². The highest BCUT2D eigenvalue weighted by molar-refractivity contribution is 4.63. The predicted molar refractivity (Wildman–Crippen MR) is 39.4 cm³/mol. The lowest BCUT2D eigenvalue weighted by Gasteiger charge is -2.16. The van der Waals surface area contributed by atoms with Gasteiger partial charge in [0.15, 0.2) is 0 Å². The van der Waals surface area contributed by atoms with E-state index in [4.69, 9.17) is 5.11 Å². The smallest absolute Gasteiger partial charge is 0.0552 e. The Hall–Kier alpha value is -0.0800. The molecule has 0 bridgehead atoms. The Labute approximate surface area is 57.3 Å². The number of hydrogen-bond donors (Lipinski definition) is 2. The molecular formula is C7H17NO. The van der Waals surface area contributed by atoms with Gasteiger partial charge in [0, 0.05) is 6.54 Å². The average Bonchev–Trinajstić information content (AvgIpc) is 1.82. The number of rotatable bonds is 4. The normalized spacial score (nSPS) is 17.3. The van der Waals surface area contributed by atoms with E-state index < -0.39 is 0 Å². The van der Waals surface area contributed by atoms with Gasteiger partial charge in [-0.15, -0.1) is 0 Å². The van der Waals surface area contributed by atoms with Crippen molar-refractivity contribution in [2.24, 2.45) is 5.92 Å². The highest BCUT2D eigenvalue weighted by atomic mass is 16.3. The summed E-state index contributed by atoms with van der Waals surface area (Å²) in [5, 5.41) is 12.1. The fourth-order valence-corrected chi connectivity index (χ4v) is 0.918. The largest absolute Gasteiger partial charge is 0.393 e. The van der Waals surface area contributed by atoms with Crippen LogP contribution in [0.3, 0.4) is 0 Å². The molecule has 0 radical (unpaired) electrons. The van der Waals surface area contributed by atoms with E-state index in [-0.39, 0.29) is 6.10 Å². The zero-order valence-corrected chi connectivity index (χ0v) is 6.52. The van der Waals surface area contributed by atoms with Crippen molar-refractivity contribution >= 4 is 0 Å². The molecule has 0 rings (SSSR count). The summed E-state index contributed by atoms with van der Waals surface area (Å²) in [6.45, 7) is 4.84. The molecule has 0 fully saturated rings. The topological polar surface area (TPSA) is 32.3 Å². The quantitative estimate of drug-likeness (QED) is 0.586. The molecule has 2 unspecified atom stereocenters. The molecule has 0 aromatic rings. The van der Waals surface area contributed by atoms with Gasteiger partial charge in [-0.25, -0.2) is 0 Å². The van der Waals surface area contributed by atoms with Crippen molar-refractivity contribution in [2.75, 3.05) is 13.6 Å². The molecule has 9 heavy (non-hydrogen) atoms. The van der Waals surface area contributed by atoms with Gasteiger partial charge in [-0.3, -0.25) is 0 Å². The third kappa shape index (κ3) is 3.49. The van der Waals surface area contributed by atoms with Crippen molar-refractivity contribution in [1.29, 1.82) is 0 Å². The fraction of sp³-hybridized carbons (Fsp3) is 1.00. The van der Waals surface area contributed by atoms with Gasteiger partial charge in [-0.05, 0) is 26.3 Å². The van der Waals surface area contributed by atoms with Crippen LogP contribution in [0.2, 0.25) is 0 Å². The van der Waals surface area contributed by atoms with Crippen molar-refractivity contribution in [3.8, 4) is 0 Å². The maximum Gasteiger partial charge on any atom is 0.0552 e. The van der Waals surface area contributed by atoms with Gasteiger partial charge in [0.25, 0.3) is 0 Å². The summed E-state index contributed by atoms with van der Waals surface area (Å²) in [6, 6.07) is 0. The van der Waals surface area contributed by atoms with Gasteiger partial charge >= 0.3 is 0 Å². The van der Waals surface area contributed by atoms with Crippen LogP contribution in [0.25, 0.3) is 0 Å². The summed E-state index contributed by atoms with van der Waals surface area (Å²) in [6.07, 6.45) is 0.862. The zero-order valence-electron chi connectivity index (χ0n) is 6.52. The third-order valence-electron chi connectivity index (χ3n) is 1.67. The lowest BCUT2D eigenvalue weighted by atomic mass is 10.0. The van der Waals surface area contributed by atoms with Crippen LogP contribution in [-0.4, -0.2) is 24.8 Å². The monoisotopic (exact) mass is 131 g/mol. The Balaban J connectivity index is 3.41. The van der Waals surface area contributed by atoms with E-state index in [0.29, 0.717) is 5.92 Å². The summed E-state index contributed by atoms with van der Waals surface area (Å²) < 4.78 is 0. The molecule has 0 heterocycles. The van der Waals surface area contributed by atoms with Gasteiger partial charge in [0.1, 0.15) is 0 Å². The number of nitrogens with one attached hydrogen (secondary N) is 1. The fourth-order valence-electron chi connectivity index (χ4n) is 0.918. The average molecular weight is 131 g/mol. The molecule has 0 aromatic heterocycles. The van der Waals surface area contributed by atoms with Gasteiger partial charge < -0.3 is 10.4 Å². The van der Waals surface area contributed by atoms with Crippen LogP contribution >= 0.6 is 0 Å². The second kappa shape index (κ2) is 4.77. The number of aliphatic hydroxyl groups is 1. The summed E-state index contributed by atoms with van der Waals surface area (Å²) >= 11 is 0. The molecule has 0 saturated carbocycles. The van der Waals surface area contributed by atoms with Gasteiger partial charge in [0.2, 0.25) is 0 Å². The second-order valence-electron chi connectivity index (χ2n) is 2.47. The van der Waals surface area contributed by atoms with E-state index in [1.54, 1.807) is 0 Å². The van der Waals surface area contributed by atoms with Crippen LogP contribution in [0.15, 0.2) is 0 Å². The molecule has 0 spiro atoms. The molecule has 0 aliphatic carbocycles. The van der Waals surface area contributed by atoms with Crippen LogP contribution in [0.5, 0.6) is 0 Å². The summed E-state index contributed by atoms with van der Waals surface area (Å²) in [4.78, 5) is 0. The van der Waals surface area contributed by atoms with E-state index in [9.17, 15) is 0 Å². The van der Waals surface area contributed by atoms with Gasteiger partial charge in [-0.2, -0.15) is 0 Å². The van der Waals surface area contributed by atoms with Crippen LogP contribution in [-0.2, 0) is 0 Å². The zero-order chi connectivity index (χ0) is 7.28. The van der Waals surface area contributed by atoms with Crippen LogP contribution in [0, 0.1) is 5.92 Å². The minimum absolute atomic E-state index is 0.178. The van der Waals surface area contributed by atoms with Crippen LogP contribution < -0.4 is 5.32 Å². The standard InChI is InChI=1S/C7H17NO/c1-4-7(5-8-3)6(2)9/h6-9H,4-5H2,1-3H3. The highest BCUT2D eigenvalue weighted by Crippen LogP contribution is 2.05. The SMILES string of the molecule is CCC(CNC)C(C)O. The first-order chi connectivity index (χ1) is 4.22. The first kappa shape index (κ1) is 8.92. The van der Waals surface area contributed by atoms with Gasteiger partial charge in [0.05, 0.1) is 6.10 Å². The molecule has 2 N–H and O–H groups in total. The molecule has 0 aliphatic heterocycles.